The molecule has 1 N–H and O–H groups in total. The Kier molecular flexibility index (Phi) is 4.16. The van der Waals surface area contributed by atoms with Crippen molar-refractivity contribution in [3.63, 3.8) is 0 Å². The Bertz CT molecular complexity index is 543. The Morgan fingerprint density at radius 1 is 1.42 bits per heavy atom. The highest BCUT2D eigenvalue weighted by atomic mass is 35.5. The fourth-order valence-corrected chi connectivity index (χ4v) is 2.33. The van der Waals surface area contributed by atoms with Crippen molar-refractivity contribution >= 4 is 23.2 Å². The molecule has 0 saturated heterocycles. The fourth-order valence-electron chi connectivity index (χ4n) is 2.07. The second-order valence-corrected chi connectivity index (χ2v) is 4.75. The van der Waals surface area contributed by atoms with Gasteiger partial charge in [0, 0.05) is 12.1 Å². The molecule has 0 radical (unpaired) electrons. The standard InChI is InChI=1S/C13H13ClN2O3/c14-10-7-4-8-11(16(18)19)12(10)13(17)15-9-5-2-1-3-6-9/h1-2,4,7-9H,3,5-6H2,(H,15,17)/t9-/m0/s1. The lowest BCUT2D eigenvalue weighted by molar-refractivity contribution is -0.385. The van der Waals surface area contributed by atoms with Crippen LogP contribution in [0.4, 0.5) is 5.69 Å². The Balaban J connectivity index is 2.23. The summed E-state index contributed by atoms with van der Waals surface area (Å²) in [4.78, 5) is 22.5. The van der Waals surface area contributed by atoms with E-state index in [1.807, 2.05) is 6.08 Å². The van der Waals surface area contributed by atoms with Crippen molar-refractivity contribution in [2.75, 3.05) is 0 Å². The van der Waals surface area contributed by atoms with Crippen molar-refractivity contribution in [2.24, 2.45) is 0 Å². The minimum atomic E-state index is -0.596. The van der Waals surface area contributed by atoms with Crippen molar-refractivity contribution in [3.05, 3.63) is 51.1 Å². The van der Waals surface area contributed by atoms with Gasteiger partial charge in [-0.2, -0.15) is 0 Å². The lowest BCUT2D eigenvalue weighted by atomic mass is 10.0. The van der Waals surface area contributed by atoms with Crippen LogP contribution >= 0.6 is 11.6 Å². The van der Waals surface area contributed by atoms with Crippen LogP contribution in [0, 0.1) is 10.1 Å². The smallest absolute Gasteiger partial charge is 0.283 e. The number of nitrogens with one attached hydrogen (secondary N) is 1. The van der Waals surface area contributed by atoms with E-state index in [0.717, 1.165) is 19.3 Å². The van der Waals surface area contributed by atoms with Gasteiger partial charge in [-0.15, -0.1) is 0 Å². The van der Waals surface area contributed by atoms with Crippen LogP contribution in [0.5, 0.6) is 0 Å². The lowest BCUT2D eigenvalue weighted by Gasteiger charge is -2.19. The van der Waals surface area contributed by atoms with Crippen LogP contribution in [0.15, 0.2) is 30.4 Å². The van der Waals surface area contributed by atoms with Gasteiger partial charge in [0.25, 0.3) is 11.6 Å². The third kappa shape index (κ3) is 3.12. The third-order valence-electron chi connectivity index (χ3n) is 3.02. The van der Waals surface area contributed by atoms with Gasteiger partial charge in [-0.25, -0.2) is 0 Å². The Morgan fingerprint density at radius 3 is 2.84 bits per heavy atom. The molecule has 1 aromatic carbocycles. The molecule has 1 aromatic rings. The second-order valence-electron chi connectivity index (χ2n) is 4.35. The largest absolute Gasteiger partial charge is 0.349 e. The highest BCUT2D eigenvalue weighted by molar-refractivity contribution is 6.34. The van der Waals surface area contributed by atoms with Gasteiger partial charge in [0.2, 0.25) is 0 Å². The molecular weight excluding hydrogens is 268 g/mol. The zero-order valence-electron chi connectivity index (χ0n) is 10.1. The molecule has 2 rings (SSSR count). The van der Waals surface area contributed by atoms with Crippen molar-refractivity contribution in [3.8, 4) is 0 Å². The molecule has 19 heavy (non-hydrogen) atoms. The van der Waals surface area contributed by atoms with Gasteiger partial charge in [-0.3, -0.25) is 14.9 Å². The van der Waals surface area contributed by atoms with Crippen LogP contribution in [-0.2, 0) is 0 Å². The van der Waals surface area contributed by atoms with Gasteiger partial charge in [0.1, 0.15) is 5.56 Å². The SMILES string of the molecule is O=C(N[C@H]1CC=CCC1)c1c(Cl)cccc1[N+](=O)[O-]. The maximum Gasteiger partial charge on any atom is 0.283 e. The van der Waals surface area contributed by atoms with Gasteiger partial charge in [0.15, 0.2) is 0 Å². The zero-order valence-corrected chi connectivity index (χ0v) is 10.9. The average molecular weight is 281 g/mol. The van der Waals surface area contributed by atoms with Crippen LogP contribution in [0.2, 0.25) is 5.02 Å². The predicted molar refractivity (Wildman–Crippen MR) is 72.4 cm³/mol. The number of hydrogen-bond donors (Lipinski definition) is 1. The van der Waals surface area contributed by atoms with E-state index < -0.39 is 10.8 Å². The van der Waals surface area contributed by atoms with Crippen molar-refractivity contribution in [1.29, 1.82) is 0 Å². The number of halogens is 1. The summed E-state index contributed by atoms with van der Waals surface area (Å²) in [5, 5.41) is 13.8. The van der Waals surface area contributed by atoms with Crippen LogP contribution in [0.3, 0.4) is 0 Å². The molecule has 0 unspecified atom stereocenters. The molecule has 0 bridgehead atoms. The number of nitro benzene ring substituents is 1. The van der Waals surface area contributed by atoms with E-state index in [0.29, 0.717) is 0 Å². The average Bonchev–Trinajstić information content (AvgIpc) is 2.39. The van der Waals surface area contributed by atoms with E-state index >= 15 is 0 Å². The van der Waals surface area contributed by atoms with Crippen LogP contribution in [-0.4, -0.2) is 16.9 Å². The third-order valence-corrected chi connectivity index (χ3v) is 3.33. The molecule has 1 aliphatic rings. The van der Waals surface area contributed by atoms with E-state index in [1.54, 1.807) is 0 Å². The second kappa shape index (κ2) is 5.84. The van der Waals surface area contributed by atoms with Gasteiger partial charge in [0.05, 0.1) is 9.95 Å². The van der Waals surface area contributed by atoms with Gasteiger partial charge >= 0.3 is 0 Å². The lowest BCUT2D eigenvalue weighted by Crippen LogP contribution is -2.35. The Morgan fingerprint density at radius 2 is 2.21 bits per heavy atom. The monoisotopic (exact) mass is 280 g/mol. The molecular formula is C13H13ClN2O3. The Labute approximate surface area is 115 Å². The molecule has 5 nitrogen and oxygen atoms in total. The number of allylic oxidation sites excluding steroid dienone is 1. The summed E-state index contributed by atoms with van der Waals surface area (Å²) < 4.78 is 0. The maximum absolute atomic E-state index is 12.1. The molecule has 1 amide bonds. The summed E-state index contributed by atoms with van der Waals surface area (Å²) in [6.45, 7) is 0. The highest BCUT2D eigenvalue weighted by Crippen LogP contribution is 2.26. The summed E-state index contributed by atoms with van der Waals surface area (Å²) in [7, 11) is 0. The molecule has 1 aliphatic carbocycles. The zero-order chi connectivity index (χ0) is 13.8. The molecule has 6 heteroatoms. The number of benzene rings is 1. The highest BCUT2D eigenvalue weighted by Gasteiger charge is 2.25. The number of rotatable bonds is 3. The number of nitro groups is 1. The number of nitrogens with zero attached hydrogens (tertiary/aromatic N) is 1. The first-order valence-corrected chi connectivity index (χ1v) is 6.36. The number of carbonyl (C=O) groups is 1. The van der Waals surface area contributed by atoms with E-state index in [9.17, 15) is 14.9 Å². The molecule has 1 atom stereocenters. The molecule has 0 heterocycles. The number of amides is 1. The first-order chi connectivity index (χ1) is 9.09. The molecule has 100 valence electrons. The minimum absolute atomic E-state index is 0.00776. The van der Waals surface area contributed by atoms with Crippen molar-refractivity contribution in [1.82, 2.24) is 5.32 Å². The molecule has 0 fully saturated rings. The molecule has 0 aliphatic heterocycles. The maximum atomic E-state index is 12.1. The van der Waals surface area contributed by atoms with Gasteiger partial charge < -0.3 is 5.32 Å². The predicted octanol–water partition coefficient (Wildman–Crippen LogP) is 3.09. The van der Waals surface area contributed by atoms with E-state index in [-0.39, 0.29) is 22.3 Å². The van der Waals surface area contributed by atoms with Crippen molar-refractivity contribution < 1.29 is 9.72 Å². The minimum Gasteiger partial charge on any atom is -0.349 e. The van der Waals surface area contributed by atoms with E-state index in [4.69, 9.17) is 11.6 Å². The van der Waals surface area contributed by atoms with Gasteiger partial charge in [-0.1, -0.05) is 29.8 Å². The first-order valence-electron chi connectivity index (χ1n) is 5.98. The van der Waals surface area contributed by atoms with Gasteiger partial charge in [-0.05, 0) is 25.3 Å². The topological polar surface area (TPSA) is 72.2 Å². The first kappa shape index (κ1) is 13.5. The molecule has 0 saturated carbocycles. The summed E-state index contributed by atoms with van der Waals surface area (Å²) in [5.74, 6) is -0.488. The number of carbonyl (C=O) groups excluding carboxylic acids is 1. The quantitative estimate of drug-likeness (QED) is 0.525. The summed E-state index contributed by atoms with van der Waals surface area (Å²) >= 11 is 5.91. The molecule has 0 spiro atoms. The van der Waals surface area contributed by atoms with Crippen LogP contribution in [0.1, 0.15) is 29.6 Å². The molecule has 0 aromatic heterocycles. The van der Waals surface area contributed by atoms with Crippen LogP contribution in [0.25, 0.3) is 0 Å². The van der Waals surface area contributed by atoms with Crippen molar-refractivity contribution in [2.45, 2.75) is 25.3 Å². The van der Waals surface area contributed by atoms with E-state index in [2.05, 4.69) is 11.4 Å². The fraction of sp³-hybridized carbons (Fsp3) is 0.308. The summed E-state index contributed by atoms with van der Waals surface area (Å²) in [6, 6.07) is 4.22. The van der Waals surface area contributed by atoms with Crippen LogP contribution < -0.4 is 5.32 Å². The van der Waals surface area contributed by atoms with E-state index in [1.165, 1.54) is 18.2 Å². The summed E-state index contributed by atoms with van der Waals surface area (Å²) in [5.41, 5.74) is -0.333. The Hall–Kier alpha value is -1.88. The normalized spacial score (nSPS) is 18.1. The number of hydrogen-bond acceptors (Lipinski definition) is 3. The summed E-state index contributed by atoms with van der Waals surface area (Å²) in [6.07, 6.45) is 6.52.